The third-order valence-electron chi connectivity index (χ3n) is 6.01. The zero-order chi connectivity index (χ0) is 27.9. The maximum absolute atomic E-state index is 12.9. The minimum atomic E-state index is -3.54. The Morgan fingerprint density at radius 2 is 1.65 bits per heavy atom. The van der Waals surface area contributed by atoms with Crippen molar-refractivity contribution in [3.8, 4) is 5.75 Å². The lowest BCUT2D eigenvalue weighted by molar-refractivity contribution is 0.243. The van der Waals surface area contributed by atoms with Gasteiger partial charge in [-0.2, -0.15) is 0 Å². The summed E-state index contributed by atoms with van der Waals surface area (Å²) in [4.78, 5) is 4.65. The highest BCUT2D eigenvalue weighted by Crippen LogP contribution is 2.36. The van der Waals surface area contributed by atoms with Crippen LogP contribution in [0.2, 0.25) is 0 Å². The average Bonchev–Trinajstić information content (AvgIpc) is 2.81. The molecule has 2 N–H and O–H groups in total. The highest BCUT2D eigenvalue weighted by Gasteiger charge is 2.23. The topological polar surface area (TPSA) is 79.8 Å². The van der Waals surface area contributed by atoms with Crippen LogP contribution in [0.5, 0.6) is 5.75 Å². The van der Waals surface area contributed by atoms with Crippen LogP contribution in [0.3, 0.4) is 0 Å². The Hall–Kier alpha value is -2.77. The van der Waals surface area contributed by atoms with E-state index in [1.807, 2.05) is 19.9 Å². The van der Waals surface area contributed by atoms with Gasteiger partial charge in [0.05, 0.1) is 32.7 Å². The summed E-state index contributed by atoms with van der Waals surface area (Å²) in [6.07, 6.45) is 2.07. The van der Waals surface area contributed by atoms with Crippen molar-refractivity contribution in [2.45, 2.75) is 83.5 Å². The van der Waals surface area contributed by atoms with E-state index in [-0.39, 0.29) is 27.7 Å². The number of aliphatic imine (C=N–C) groups is 1. The quantitative estimate of drug-likeness (QED) is 0.208. The lowest BCUT2D eigenvalue weighted by Crippen LogP contribution is -2.19. The minimum absolute atomic E-state index is 0.0196. The van der Waals surface area contributed by atoms with Crippen LogP contribution in [0.15, 0.2) is 70.3 Å². The fraction of sp³-hybridized carbons (Fsp3) is 0.414. The molecule has 0 aliphatic rings. The molecule has 0 aliphatic heterocycles. The Bertz CT molecular complexity index is 1260. The Morgan fingerprint density at radius 1 is 1.03 bits per heavy atom. The first-order valence-corrected chi connectivity index (χ1v) is 14.5. The van der Waals surface area contributed by atoms with Gasteiger partial charge in [-0.1, -0.05) is 50.7 Å². The molecule has 6 nitrogen and oxygen atoms in total. The van der Waals surface area contributed by atoms with Gasteiger partial charge in [0.15, 0.2) is 15.7 Å². The molecule has 2 aromatic carbocycles. The molecule has 0 atom stereocenters. The molecule has 0 radical (unpaired) electrons. The molecule has 2 rings (SSSR count). The summed E-state index contributed by atoms with van der Waals surface area (Å²) >= 11 is 6.25. The number of amidine groups is 1. The van der Waals surface area contributed by atoms with E-state index < -0.39 is 15.1 Å². The molecule has 0 aliphatic carbocycles. The number of benzene rings is 2. The smallest absolute Gasteiger partial charge is 0.182 e. The second-order valence-electron chi connectivity index (χ2n) is 9.54. The van der Waals surface area contributed by atoms with E-state index >= 15 is 0 Å². The first kappa shape index (κ1) is 30.5. The molecule has 37 heavy (non-hydrogen) atoms. The van der Waals surface area contributed by atoms with Crippen molar-refractivity contribution in [3.05, 3.63) is 71.5 Å². The SMILES string of the molecule is C=C(/N=C(/Nc1ccccc1S(=O)(=O)C(C)C)C(=C)Cl)Nc1cc(C)c(C(CC)CC)cc1OC(C)C. The number of ether oxygens (including phenoxy) is 1. The molecule has 202 valence electrons. The highest BCUT2D eigenvalue weighted by molar-refractivity contribution is 7.92. The predicted molar refractivity (Wildman–Crippen MR) is 158 cm³/mol. The fourth-order valence-electron chi connectivity index (χ4n) is 4.00. The molecule has 0 fully saturated rings. The summed E-state index contributed by atoms with van der Waals surface area (Å²) in [5.74, 6) is 1.63. The lowest BCUT2D eigenvalue weighted by Gasteiger charge is -2.22. The standard InChI is InChI=1S/C29H40ClN3O3S/c1-10-23(11-2)24-17-27(36-18(3)4)26(16-20(24)7)31-22(9)32-29(21(8)30)33-25-14-12-13-15-28(25)37(34,35)19(5)6/h12-19,23,31H,8-11H2,1-7H3,(H,32,33). The molecule has 8 heteroatoms. The number of para-hydroxylation sites is 1. The summed E-state index contributed by atoms with van der Waals surface area (Å²) in [7, 11) is -3.54. The van der Waals surface area contributed by atoms with Crippen molar-refractivity contribution < 1.29 is 13.2 Å². The van der Waals surface area contributed by atoms with E-state index in [0.29, 0.717) is 17.4 Å². The maximum Gasteiger partial charge on any atom is 0.182 e. The van der Waals surface area contributed by atoms with Crippen LogP contribution in [0.4, 0.5) is 11.4 Å². The van der Waals surface area contributed by atoms with Gasteiger partial charge < -0.3 is 15.4 Å². The van der Waals surface area contributed by atoms with Gasteiger partial charge in [-0.25, -0.2) is 13.4 Å². The fourth-order valence-corrected chi connectivity index (χ4v) is 5.29. The molecular formula is C29H40ClN3O3S. The van der Waals surface area contributed by atoms with E-state index in [1.165, 1.54) is 5.56 Å². The molecule has 0 saturated heterocycles. The summed E-state index contributed by atoms with van der Waals surface area (Å²) in [5, 5.41) is 5.78. The van der Waals surface area contributed by atoms with E-state index in [1.54, 1.807) is 38.1 Å². The van der Waals surface area contributed by atoms with Gasteiger partial charge >= 0.3 is 0 Å². The van der Waals surface area contributed by atoms with Gasteiger partial charge in [-0.15, -0.1) is 0 Å². The van der Waals surface area contributed by atoms with Gasteiger partial charge in [0.1, 0.15) is 11.6 Å². The molecule has 0 amide bonds. The van der Waals surface area contributed by atoms with Crippen LogP contribution >= 0.6 is 11.6 Å². The van der Waals surface area contributed by atoms with E-state index in [0.717, 1.165) is 24.1 Å². The highest BCUT2D eigenvalue weighted by atomic mass is 35.5. The van der Waals surface area contributed by atoms with E-state index in [9.17, 15) is 8.42 Å². The minimum Gasteiger partial charge on any atom is -0.489 e. The van der Waals surface area contributed by atoms with Crippen LogP contribution in [-0.4, -0.2) is 25.6 Å². The van der Waals surface area contributed by atoms with E-state index in [2.05, 4.69) is 55.6 Å². The van der Waals surface area contributed by atoms with Crippen molar-refractivity contribution in [1.29, 1.82) is 0 Å². The predicted octanol–water partition coefficient (Wildman–Crippen LogP) is 8.01. The molecular weight excluding hydrogens is 506 g/mol. The Labute approximate surface area is 227 Å². The normalized spacial score (nSPS) is 12.2. The van der Waals surface area contributed by atoms with Crippen LogP contribution in [0.1, 0.15) is 71.4 Å². The van der Waals surface area contributed by atoms with Gasteiger partial charge in [-0.05, 0) is 88.8 Å². The summed E-state index contributed by atoms with van der Waals surface area (Å²) in [5.41, 5.74) is 3.51. The monoisotopic (exact) mass is 545 g/mol. The number of rotatable bonds is 12. The first-order valence-electron chi connectivity index (χ1n) is 12.6. The van der Waals surface area contributed by atoms with Gasteiger partial charge in [0.2, 0.25) is 0 Å². The number of aryl methyl sites for hydroxylation is 1. The van der Waals surface area contributed by atoms with Crippen LogP contribution in [0.25, 0.3) is 0 Å². The lowest BCUT2D eigenvalue weighted by atomic mass is 9.90. The third-order valence-corrected chi connectivity index (χ3v) is 8.40. The third kappa shape index (κ3) is 7.86. The number of halogens is 1. The van der Waals surface area contributed by atoms with Gasteiger partial charge in [0, 0.05) is 0 Å². The van der Waals surface area contributed by atoms with Crippen molar-refractivity contribution in [3.63, 3.8) is 0 Å². The van der Waals surface area contributed by atoms with Crippen LogP contribution < -0.4 is 15.4 Å². The number of nitrogens with one attached hydrogen (secondary N) is 2. The van der Waals surface area contributed by atoms with Crippen LogP contribution in [0, 0.1) is 6.92 Å². The molecule has 2 aromatic rings. The van der Waals surface area contributed by atoms with Gasteiger partial charge in [0.25, 0.3) is 0 Å². The largest absolute Gasteiger partial charge is 0.489 e. The van der Waals surface area contributed by atoms with Crippen molar-refractivity contribution in [1.82, 2.24) is 0 Å². The van der Waals surface area contributed by atoms with Crippen LogP contribution in [-0.2, 0) is 9.84 Å². The summed E-state index contributed by atoms with van der Waals surface area (Å²) < 4.78 is 31.9. The zero-order valence-corrected chi connectivity index (χ0v) is 24.6. The molecule has 0 saturated carbocycles. The van der Waals surface area contributed by atoms with E-state index in [4.69, 9.17) is 16.3 Å². The van der Waals surface area contributed by atoms with Crippen molar-refractivity contribution in [2.24, 2.45) is 4.99 Å². The molecule has 0 bridgehead atoms. The number of sulfone groups is 1. The second-order valence-corrected chi connectivity index (χ2v) is 12.5. The molecule has 0 aromatic heterocycles. The first-order chi connectivity index (χ1) is 17.3. The number of hydrogen-bond acceptors (Lipinski definition) is 5. The number of hydrogen-bond donors (Lipinski definition) is 2. The summed E-state index contributed by atoms with van der Waals surface area (Å²) in [6, 6.07) is 10.8. The molecule has 0 heterocycles. The number of nitrogens with zero attached hydrogens (tertiary/aromatic N) is 1. The Morgan fingerprint density at radius 3 is 2.19 bits per heavy atom. The number of anilines is 2. The zero-order valence-electron chi connectivity index (χ0n) is 23.0. The Kier molecular flexibility index (Phi) is 10.8. The molecule has 0 unspecified atom stereocenters. The van der Waals surface area contributed by atoms with Crippen molar-refractivity contribution >= 4 is 38.6 Å². The average molecular weight is 546 g/mol. The van der Waals surface area contributed by atoms with Crippen molar-refractivity contribution in [2.75, 3.05) is 10.6 Å². The summed E-state index contributed by atoms with van der Waals surface area (Å²) in [6.45, 7) is 21.5. The van der Waals surface area contributed by atoms with Gasteiger partial charge in [-0.3, -0.25) is 0 Å². The molecule has 0 spiro atoms. The second kappa shape index (κ2) is 13.2. The Balaban J connectivity index is 2.44. The maximum atomic E-state index is 12.9.